The van der Waals surface area contributed by atoms with Crippen molar-refractivity contribution in [2.75, 3.05) is 0 Å². The van der Waals surface area contributed by atoms with E-state index in [4.69, 9.17) is 53.5 Å². The zero-order chi connectivity index (χ0) is 41.7. The van der Waals surface area contributed by atoms with E-state index in [0.29, 0.717) is 0 Å². The largest absolute Gasteiger partial charge is 0.416 e. The van der Waals surface area contributed by atoms with Crippen LogP contribution in [0.5, 0.6) is 0 Å². The summed E-state index contributed by atoms with van der Waals surface area (Å²) in [5.74, 6) is 0. The summed E-state index contributed by atoms with van der Waals surface area (Å²) in [5.41, 5.74) is 0. The molecule has 1 aliphatic rings. The zero-order valence-corrected chi connectivity index (χ0v) is 50.8. The van der Waals surface area contributed by atoms with Gasteiger partial charge < -0.3 is 53.5 Å². The lowest BCUT2D eigenvalue weighted by Gasteiger charge is -2.46. The third kappa shape index (κ3) is 21.3. The molecule has 0 atom stereocenters. The second kappa shape index (κ2) is 16.7. The van der Waals surface area contributed by atoms with Crippen LogP contribution >= 0.6 is 0 Å². The van der Waals surface area contributed by atoms with E-state index in [2.05, 4.69) is 170 Å². The fourth-order valence-electron chi connectivity index (χ4n) is 7.97. The van der Waals surface area contributed by atoms with E-state index < -0.39 is 111 Å². The third-order valence-electron chi connectivity index (χ3n) is 6.39. The normalized spacial score (nSPS) is 31.5. The van der Waals surface area contributed by atoms with Gasteiger partial charge in [-0.3, -0.25) is 0 Å². The predicted octanol–water partition coefficient (Wildman–Crippen LogP) is 9.34. The first-order valence-corrected chi connectivity index (χ1v) is 54.9. The Labute approximate surface area is 332 Å². The molecule has 0 saturated carbocycles. The fourth-order valence-corrected chi connectivity index (χ4v) is 76.6. The molecule has 0 spiro atoms. The standard InChI is InChI=1S/C26H78O13Si13/c1-40(2)27-41(3,4)29-43(7,8)31-45(11,12)33-47(15,16)35-49(19,20)37-51(23,24)39-52(25,26)38-50(21,22)36-48(17,18)34-46(13,14)32-44(9,10)30-42(5,6)28-40/h1-26H3. The van der Waals surface area contributed by atoms with Crippen molar-refractivity contribution in [1.29, 1.82) is 0 Å². The Bertz CT molecular complexity index is 822. The Kier molecular flexibility index (Phi) is 16.9. The maximum absolute atomic E-state index is 6.81. The molecule has 1 heterocycles. The summed E-state index contributed by atoms with van der Waals surface area (Å²) in [7, 11) is -35.5. The average molecular weight is 964 g/mol. The topological polar surface area (TPSA) is 120 Å². The van der Waals surface area contributed by atoms with E-state index >= 15 is 0 Å². The second-order valence-corrected chi connectivity index (χ2v) is 66.5. The summed E-state index contributed by atoms with van der Waals surface area (Å²) in [5, 5.41) is 0. The Morgan fingerprint density at radius 3 is 0.192 bits per heavy atom. The number of hydrogen-bond acceptors (Lipinski definition) is 13. The highest BCUT2D eigenvalue weighted by atomic mass is 28.5. The van der Waals surface area contributed by atoms with E-state index in [0.717, 1.165) is 0 Å². The Balaban J connectivity index is 3.60. The van der Waals surface area contributed by atoms with Gasteiger partial charge in [0.15, 0.2) is 0 Å². The Morgan fingerprint density at radius 2 is 0.154 bits per heavy atom. The zero-order valence-electron chi connectivity index (χ0n) is 37.8. The minimum absolute atomic E-state index is 2.06. The smallest absolute Gasteiger partial charge is 0.314 e. The Morgan fingerprint density at radius 1 is 0.115 bits per heavy atom. The molecular weight excluding hydrogens is 885 g/mol. The molecule has 0 amide bonds. The van der Waals surface area contributed by atoms with Crippen LogP contribution in [0.2, 0.25) is 170 Å². The molecule has 0 unspecified atom stereocenters. The molecule has 0 radical (unpaired) electrons. The quantitative estimate of drug-likeness (QED) is 0.215. The maximum Gasteiger partial charge on any atom is 0.314 e. The van der Waals surface area contributed by atoms with Gasteiger partial charge in [-0.15, -0.1) is 0 Å². The van der Waals surface area contributed by atoms with Crippen molar-refractivity contribution in [1.82, 2.24) is 0 Å². The lowest BCUT2D eigenvalue weighted by atomic mass is 11.9. The molecule has 1 fully saturated rings. The molecule has 0 N–H and O–H groups in total. The lowest BCUT2D eigenvalue weighted by Crippen LogP contribution is -2.64. The van der Waals surface area contributed by atoms with E-state index in [9.17, 15) is 0 Å². The van der Waals surface area contributed by atoms with Crippen molar-refractivity contribution in [3.05, 3.63) is 0 Å². The monoisotopic (exact) mass is 962 g/mol. The van der Waals surface area contributed by atoms with E-state index in [1.54, 1.807) is 0 Å². The highest BCUT2D eigenvalue weighted by Gasteiger charge is 2.53. The number of hydrogen-bond donors (Lipinski definition) is 0. The molecule has 1 rings (SSSR count). The van der Waals surface area contributed by atoms with Crippen molar-refractivity contribution in [3.63, 3.8) is 0 Å². The molecule has 52 heavy (non-hydrogen) atoms. The third-order valence-corrected chi connectivity index (χ3v) is 57.5. The molecular formula is C26H78O13Si13. The van der Waals surface area contributed by atoms with Crippen LogP contribution in [0.1, 0.15) is 0 Å². The first-order chi connectivity index (χ1) is 22.2. The van der Waals surface area contributed by atoms with Gasteiger partial charge in [0.2, 0.25) is 0 Å². The van der Waals surface area contributed by atoms with Gasteiger partial charge in [0, 0.05) is 0 Å². The highest BCUT2D eigenvalue weighted by molar-refractivity contribution is 6.95. The molecule has 312 valence electrons. The Hall–Kier alpha value is 2.30. The van der Waals surface area contributed by atoms with Crippen molar-refractivity contribution >= 4 is 111 Å². The van der Waals surface area contributed by atoms with Crippen LogP contribution in [0.4, 0.5) is 0 Å². The summed E-state index contributed by atoms with van der Waals surface area (Å²) in [4.78, 5) is 0. The summed E-state index contributed by atoms with van der Waals surface area (Å²) in [6.07, 6.45) is 0. The van der Waals surface area contributed by atoms with Gasteiger partial charge in [-0.1, -0.05) is 0 Å². The van der Waals surface area contributed by atoms with E-state index in [-0.39, 0.29) is 0 Å². The highest BCUT2D eigenvalue weighted by Crippen LogP contribution is 2.33. The summed E-state index contributed by atoms with van der Waals surface area (Å²) < 4.78 is 88.5. The van der Waals surface area contributed by atoms with Crippen LogP contribution < -0.4 is 0 Å². The first-order valence-electron chi connectivity index (χ1n) is 18.3. The first kappa shape index (κ1) is 52.3. The van der Waals surface area contributed by atoms with Crippen molar-refractivity contribution in [3.8, 4) is 0 Å². The summed E-state index contributed by atoms with van der Waals surface area (Å²) >= 11 is 0. The molecule has 13 nitrogen and oxygen atoms in total. The molecule has 0 aromatic rings. The van der Waals surface area contributed by atoms with Crippen molar-refractivity contribution in [2.24, 2.45) is 0 Å². The molecule has 0 aliphatic carbocycles. The molecule has 0 aromatic heterocycles. The van der Waals surface area contributed by atoms with Crippen LogP contribution in [-0.2, 0) is 53.5 Å². The van der Waals surface area contributed by atoms with E-state index in [1.165, 1.54) is 0 Å². The van der Waals surface area contributed by atoms with Gasteiger partial charge in [0.1, 0.15) is 0 Å². The predicted molar refractivity (Wildman–Crippen MR) is 241 cm³/mol. The summed E-state index contributed by atoms with van der Waals surface area (Å²) in [6.45, 7) is 53.6. The van der Waals surface area contributed by atoms with Gasteiger partial charge >= 0.3 is 111 Å². The van der Waals surface area contributed by atoms with E-state index in [1.807, 2.05) is 0 Å². The van der Waals surface area contributed by atoms with Crippen LogP contribution in [-0.4, -0.2) is 111 Å². The molecule has 0 aromatic carbocycles. The van der Waals surface area contributed by atoms with Crippen LogP contribution in [0, 0.1) is 0 Å². The average Bonchev–Trinajstić information content (AvgIpc) is 2.58. The molecule has 1 saturated heterocycles. The van der Waals surface area contributed by atoms with Gasteiger partial charge in [-0.2, -0.15) is 0 Å². The van der Waals surface area contributed by atoms with Gasteiger partial charge in [0.25, 0.3) is 0 Å². The van der Waals surface area contributed by atoms with Gasteiger partial charge in [0.05, 0.1) is 0 Å². The maximum atomic E-state index is 6.81. The van der Waals surface area contributed by atoms with Gasteiger partial charge in [-0.25, -0.2) is 0 Å². The minimum Gasteiger partial charge on any atom is -0.416 e. The summed E-state index contributed by atoms with van der Waals surface area (Å²) in [6, 6.07) is 0. The van der Waals surface area contributed by atoms with Crippen molar-refractivity contribution < 1.29 is 53.5 Å². The molecule has 26 heteroatoms. The van der Waals surface area contributed by atoms with Gasteiger partial charge in [-0.05, 0) is 170 Å². The van der Waals surface area contributed by atoms with Crippen LogP contribution in [0.3, 0.4) is 0 Å². The van der Waals surface area contributed by atoms with Crippen molar-refractivity contribution in [2.45, 2.75) is 170 Å². The molecule has 0 bridgehead atoms. The number of rotatable bonds is 0. The molecule has 1 aliphatic heterocycles. The van der Waals surface area contributed by atoms with Crippen LogP contribution in [0.15, 0.2) is 0 Å². The van der Waals surface area contributed by atoms with Crippen LogP contribution in [0.25, 0.3) is 0 Å². The SMILES string of the molecule is C[Si]1(C)O[Si](C)(C)O[Si](C)(C)O[Si](C)(C)O[Si](C)(C)O[Si](C)(C)O[Si](C)(C)O[Si](C)(C)O[Si](C)(C)O[Si](C)(C)O[Si](C)(C)O[Si](C)(C)O[Si](C)(C)O1. The minimum atomic E-state index is -2.73. The fraction of sp³-hybridized carbons (Fsp3) is 1.00. The lowest BCUT2D eigenvalue weighted by molar-refractivity contribution is 0.244. The second-order valence-electron chi connectivity index (χ2n) is 19.5.